The van der Waals surface area contributed by atoms with Crippen LogP contribution in [0.1, 0.15) is 13.3 Å². The Bertz CT molecular complexity index is 395. The lowest BCUT2D eigenvalue weighted by Crippen LogP contribution is -2.39. The summed E-state index contributed by atoms with van der Waals surface area (Å²) in [5.74, 6) is 0.858. The smallest absolute Gasteiger partial charge is 0.191 e. The Morgan fingerprint density at radius 1 is 1.24 bits per heavy atom. The van der Waals surface area contributed by atoms with E-state index in [0.29, 0.717) is 6.61 Å². The highest BCUT2D eigenvalue weighted by Gasteiger charge is 1.99. The highest BCUT2D eigenvalue weighted by Crippen LogP contribution is 2.10. The van der Waals surface area contributed by atoms with E-state index in [0.717, 1.165) is 38.6 Å². The summed E-state index contributed by atoms with van der Waals surface area (Å²) in [4.78, 5) is 6.81. The third-order valence-corrected chi connectivity index (χ3v) is 3.06. The van der Waals surface area contributed by atoms with Crippen molar-refractivity contribution in [1.29, 1.82) is 0 Å². The molecule has 1 aromatic carbocycles. The standard InChI is InChI=1S/C16H28N4O/c1-4-17-16(19-12-14-21-3)18-11-8-13-20(2)15-9-6-5-7-10-15/h5-7,9-10H,4,8,11-14H2,1-3H3,(H2,17,18,19). The fraction of sp³-hybridized carbons (Fsp3) is 0.562. The predicted octanol–water partition coefficient (Wildman–Crippen LogP) is 1.71. The summed E-state index contributed by atoms with van der Waals surface area (Å²) in [5, 5.41) is 6.47. The fourth-order valence-electron chi connectivity index (χ4n) is 1.92. The van der Waals surface area contributed by atoms with Gasteiger partial charge in [0.05, 0.1) is 6.61 Å². The van der Waals surface area contributed by atoms with E-state index < -0.39 is 0 Å². The summed E-state index contributed by atoms with van der Waals surface area (Å²) in [6.45, 7) is 6.18. The predicted molar refractivity (Wildman–Crippen MR) is 90.2 cm³/mol. The molecule has 0 aliphatic heterocycles. The van der Waals surface area contributed by atoms with Gasteiger partial charge in [0, 0.05) is 46.0 Å². The van der Waals surface area contributed by atoms with Gasteiger partial charge >= 0.3 is 0 Å². The molecule has 1 rings (SSSR count). The van der Waals surface area contributed by atoms with E-state index in [-0.39, 0.29) is 0 Å². The molecular formula is C16H28N4O. The van der Waals surface area contributed by atoms with E-state index >= 15 is 0 Å². The first-order chi connectivity index (χ1) is 10.3. The zero-order chi connectivity index (χ0) is 15.3. The number of para-hydroxylation sites is 1. The van der Waals surface area contributed by atoms with Gasteiger partial charge in [-0.15, -0.1) is 0 Å². The first kappa shape index (κ1) is 17.3. The monoisotopic (exact) mass is 292 g/mol. The zero-order valence-electron chi connectivity index (χ0n) is 13.4. The number of aliphatic imine (C=N–C) groups is 1. The Hall–Kier alpha value is -1.75. The zero-order valence-corrected chi connectivity index (χ0v) is 13.4. The minimum atomic E-state index is 0.682. The normalized spacial score (nSPS) is 11.3. The first-order valence-corrected chi connectivity index (χ1v) is 7.55. The summed E-state index contributed by atoms with van der Waals surface area (Å²) in [5.41, 5.74) is 1.24. The number of rotatable bonds is 9. The van der Waals surface area contributed by atoms with Crippen LogP contribution in [0.5, 0.6) is 0 Å². The Morgan fingerprint density at radius 3 is 2.67 bits per heavy atom. The van der Waals surface area contributed by atoms with Crippen molar-refractivity contribution in [3.63, 3.8) is 0 Å². The number of hydrogen-bond donors (Lipinski definition) is 2. The van der Waals surface area contributed by atoms with E-state index in [1.807, 2.05) is 6.07 Å². The van der Waals surface area contributed by atoms with Crippen molar-refractivity contribution in [3.8, 4) is 0 Å². The molecule has 1 aromatic rings. The van der Waals surface area contributed by atoms with Gasteiger partial charge in [0.2, 0.25) is 0 Å². The molecule has 0 radical (unpaired) electrons. The number of guanidine groups is 1. The van der Waals surface area contributed by atoms with Gasteiger partial charge in [0.15, 0.2) is 5.96 Å². The van der Waals surface area contributed by atoms with Crippen molar-refractivity contribution in [2.45, 2.75) is 13.3 Å². The number of nitrogens with one attached hydrogen (secondary N) is 2. The van der Waals surface area contributed by atoms with E-state index in [9.17, 15) is 0 Å². The van der Waals surface area contributed by atoms with Crippen LogP contribution in [0.15, 0.2) is 35.3 Å². The lowest BCUT2D eigenvalue weighted by molar-refractivity contribution is 0.203. The molecule has 5 nitrogen and oxygen atoms in total. The Labute approximate surface area is 128 Å². The molecule has 0 fully saturated rings. The minimum absolute atomic E-state index is 0.682. The van der Waals surface area contributed by atoms with Crippen molar-refractivity contribution in [3.05, 3.63) is 30.3 Å². The lowest BCUT2D eigenvalue weighted by atomic mass is 10.3. The molecule has 0 spiro atoms. The van der Waals surface area contributed by atoms with Crippen molar-refractivity contribution in [1.82, 2.24) is 10.6 Å². The van der Waals surface area contributed by atoms with Gasteiger partial charge in [-0.1, -0.05) is 18.2 Å². The van der Waals surface area contributed by atoms with Crippen molar-refractivity contribution >= 4 is 11.6 Å². The van der Waals surface area contributed by atoms with Crippen LogP contribution in [0.4, 0.5) is 5.69 Å². The summed E-state index contributed by atoms with van der Waals surface area (Å²) in [6.07, 6.45) is 1.02. The van der Waals surface area contributed by atoms with Gasteiger partial charge in [-0.05, 0) is 25.5 Å². The van der Waals surface area contributed by atoms with Crippen LogP contribution in [0, 0.1) is 0 Å². The third kappa shape index (κ3) is 7.56. The van der Waals surface area contributed by atoms with Crippen LogP contribution in [-0.2, 0) is 4.74 Å². The van der Waals surface area contributed by atoms with Crippen LogP contribution in [0.25, 0.3) is 0 Å². The van der Waals surface area contributed by atoms with Crippen LogP contribution in [-0.4, -0.2) is 52.9 Å². The summed E-state index contributed by atoms with van der Waals surface area (Å²) >= 11 is 0. The molecule has 0 aliphatic carbocycles. The van der Waals surface area contributed by atoms with Gasteiger partial charge in [-0.3, -0.25) is 4.99 Å². The molecule has 2 N–H and O–H groups in total. The molecule has 118 valence electrons. The van der Waals surface area contributed by atoms with Gasteiger partial charge in [-0.25, -0.2) is 0 Å². The number of hydrogen-bond acceptors (Lipinski definition) is 3. The first-order valence-electron chi connectivity index (χ1n) is 7.55. The van der Waals surface area contributed by atoms with Crippen molar-refractivity contribution in [2.24, 2.45) is 4.99 Å². The third-order valence-electron chi connectivity index (χ3n) is 3.06. The Balaban J connectivity index is 2.29. The molecule has 21 heavy (non-hydrogen) atoms. The summed E-state index contributed by atoms with van der Waals surface area (Å²) in [6, 6.07) is 10.4. The van der Waals surface area contributed by atoms with Gasteiger partial charge < -0.3 is 20.3 Å². The highest BCUT2D eigenvalue weighted by atomic mass is 16.5. The molecule has 0 saturated heterocycles. The van der Waals surface area contributed by atoms with E-state index in [2.05, 4.69) is 58.8 Å². The number of benzene rings is 1. The Morgan fingerprint density at radius 2 is 2.00 bits per heavy atom. The second-order valence-electron chi connectivity index (χ2n) is 4.79. The largest absolute Gasteiger partial charge is 0.383 e. The minimum Gasteiger partial charge on any atom is -0.383 e. The maximum absolute atomic E-state index is 5.02. The molecule has 0 heterocycles. The number of methoxy groups -OCH3 is 1. The maximum atomic E-state index is 5.02. The molecule has 0 bridgehead atoms. The molecule has 0 atom stereocenters. The summed E-state index contributed by atoms with van der Waals surface area (Å²) in [7, 11) is 3.81. The van der Waals surface area contributed by atoms with Crippen molar-refractivity contribution in [2.75, 3.05) is 51.8 Å². The second kappa shape index (κ2) is 11.0. The van der Waals surface area contributed by atoms with Crippen molar-refractivity contribution < 1.29 is 4.74 Å². The molecule has 0 aliphatic rings. The molecule has 0 aromatic heterocycles. The maximum Gasteiger partial charge on any atom is 0.191 e. The average molecular weight is 292 g/mol. The quantitative estimate of drug-likeness (QED) is 0.413. The number of ether oxygens (including phenoxy) is 1. The number of nitrogens with zero attached hydrogens (tertiary/aromatic N) is 2. The number of anilines is 1. The SMILES string of the molecule is CCNC(=NCCCN(C)c1ccccc1)NCCOC. The highest BCUT2D eigenvalue weighted by molar-refractivity contribution is 5.79. The van der Waals surface area contributed by atoms with Crippen LogP contribution in [0.3, 0.4) is 0 Å². The van der Waals surface area contributed by atoms with Gasteiger partial charge in [0.25, 0.3) is 0 Å². The van der Waals surface area contributed by atoms with Gasteiger partial charge in [-0.2, -0.15) is 0 Å². The second-order valence-corrected chi connectivity index (χ2v) is 4.79. The molecule has 0 amide bonds. The van der Waals surface area contributed by atoms with E-state index in [1.54, 1.807) is 7.11 Å². The summed E-state index contributed by atoms with van der Waals surface area (Å²) < 4.78 is 5.02. The molecule has 0 saturated carbocycles. The Kier molecular flexibility index (Phi) is 9.04. The molecule has 0 unspecified atom stereocenters. The van der Waals surface area contributed by atoms with Crippen LogP contribution >= 0.6 is 0 Å². The molecule has 5 heteroatoms. The van der Waals surface area contributed by atoms with E-state index in [1.165, 1.54) is 5.69 Å². The lowest BCUT2D eigenvalue weighted by Gasteiger charge is -2.18. The van der Waals surface area contributed by atoms with E-state index in [4.69, 9.17) is 4.74 Å². The molecular weight excluding hydrogens is 264 g/mol. The van der Waals surface area contributed by atoms with Crippen LogP contribution < -0.4 is 15.5 Å². The topological polar surface area (TPSA) is 48.9 Å². The van der Waals surface area contributed by atoms with Crippen LogP contribution in [0.2, 0.25) is 0 Å². The average Bonchev–Trinajstić information content (AvgIpc) is 2.52. The fourth-order valence-corrected chi connectivity index (χ4v) is 1.92. The van der Waals surface area contributed by atoms with Gasteiger partial charge in [0.1, 0.15) is 0 Å².